The minimum atomic E-state index is -0.411. The van der Waals surface area contributed by atoms with Gasteiger partial charge in [-0.25, -0.2) is 4.39 Å². The van der Waals surface area contributed by atoms with Crippen LogP contribution in [0, 0.1) is 19.7 Å². The number of esters is 1. The zero-order chi connectivity index (χ0) is 21.7. The van der Waals surface area contributed by atoms with Gasteiger partial charge < -0.3 is 15.4 Å². The van der Waals surface area contributed by atoms with Gasteiger partial charge in [-0.15, -0.1) is 0 Å². The van der Waals surface area contributed by atoms with Crippen LogP contribution in [0.3, 0.4) is 0 Å². The standard InChI is InChI=1S/C21H26ClFN4O3/c1-13-18(11-20(28)25-12-15-3-4-16(23)9-19(15)22)14(2)27(26-13)7-6-24-17-5-8-30-21(29)10-17/h3-4,9,17,24H,5-8,10-12H2,1-2H3,(H,25,28). The first kappa shape index (κ1) is 22.2. The topological polar surface area (TPSA) is 85.2 Å². The highest BCUT2D eigenvalue weighted by atomic mass is 35.5. The van der Waals surface area contributed by atoms with Gasteiger partial charge in [0, 0.05) is 35.4 Å². The van der Waals surface area contributed by atoms with E-state index in [9.17, 15) is 14.0 Å². The number of halogens is 2. The summed E-state index contributed by atoms with van der Waals surface area (Å²) in [5.41, 5.74) is 3.29. The SMILES string of the molecule is Cc1nn(CCNC2CCOC(=O)C2)c(C)c1CC(=O)NCc1ccc(F)cc1Cl. The Hall–Kier alpha value is -2.45. The van der Waals surface area contributed by atoms with Crippen molar-refractivity contribution in [2.24, 2.45) is 0 Å². The number of ether oxygens (including phenoxy) is 1. The molecule has 7 nitrogen and oxygen atoms in total. The second-order valence-corrected chi connectivity index (χ2v) is 7.83. The van der Waals surface area contributed by atoms with Crippen LogP contribution in [0.25, 0.3) is 0 Å². The van der Waals surface area contributed by atoms with Crippen molar-refractivity contribution in [3.05, 3.63) is 51.6 Å². The summed E-state index contributed by atoms with van der Waals surface area (Å²) in [5, 5.41) is 11.0. The zero-order valence-electron chi connectivity index (χ0n) is 17.1. The number of nitrogens with one attached hydrogen (secondary N) is 2. The van der Waals surface area contributed by atoms with Crippen molar-refractivity contribution < 1.29 is 18.7 Å². The lowest BCUT2D eigenvalue weighted by Gasteiger charge is -2.22. The van der Waals surface area contributed by atoms with Crippen molar-refractivity contribution in [2.45, 2.75) is 52.2 Å². The van der Waals surface area contributed by atoms with Gasteiger partial charge in [0.2, 0.25) is 5.91 Å². The molecule has 1 aliphatic rings. The summed E-state index contributed by atoms with van der Waals surface area (Å²) in [6, 6.07) is 4.24. The number of carbonyl (C=O) groups is 2. The number of cyclic esters (lactones) is 1. The van der Waals surface area contributed by atoms with Crippen LogP contribution in [0.5, 0.6) is 0 Å². The largest absolute Gasteiger partial charge is 0.466 e. The molecule has 0 saturated carbocycles. The number of carbonyl (C=O) groups excluding carboxylic acids is 2. The van der Waals surface area contributed by atoms with E-state index < -0.39 is 5.82 Å². The lowest BCUT2D eigenvalue weighted by molar-refractivity contribution is -0.147. The Bertz CT molecular complexity index is 931. The Morgan fingerprint density at radius 1 is 1.40 bits per heavy atom. The van der Waals surface area contributed by atoms with Crippen LogP contribution in [0.4, 0.5) is 4.39 Å². The summed E-state index contributed by atoms with van der Waals surface area (Å²) in [4.78, 5) is 23.8. The smallest absolute Gasteiger partial charge is 0.307 e. The molecule has 0 bridgehead atoms. The molecule has 1 saturated heterocycles. The van der Waals surface area contributed by atoms with E-state index in [1.54, 1.807) is 6.07 Å². The fraction of sp³-hybridized carbons (Fsp3) is 0.476. The van der Waals surface area contributed by atoms with E-state index >= 15 is 0 Å². The van der Waals surface area contributed by atoms with E-state index in [1.165, 1.54) is 12.1 Å². The maximum Gasteiger partial charge on any atom is 0.307 e. The van der Waals surface area contributed by atoms with E-state index in [-0.39, 0.29) is 35.9 Å². The molecule has 1 fully saturated rings. The van der Waals surface area contributed by atoms with Crippen LogP contribution in [0.1, 0.15) is 35.4 Å². The molecule has 2 aromatic rings. The molecular weight excluding hydrogens is 411 g/mol. The van der Waals surface area contributed by atoms with Gasteiger partial charge in [0.05, 0.1) is 31.7 Å². The minimum Gasteiger partial charge on any atom is -0.466 e. The highest BCUT2D eigenvalue weighted by Crippen LogP contribution is 2.18. The lowest BCUT2D eigenvalue weighted by atomic mass is 10.1. The van der Waals surface area contributed by atoms with Crippen molar-refractivity contribution in [2.75, 3.05) is 13.2 Å². The second kappa shape index (κ2) is 10.0. The number of benzene rings is 1. The summed E-state index contributed by atoms with van der Waals surface area (Å²) in [6.07, 6.45) is 1.41. The van der Waals surface area contributed by atoms with Gasteiger partial charge in [-0.1, -0.05) is 17.7 Å². The van der Waals surface area contributed by atoms with E-state index in [2.05, 4.69) is 15.7 Å². The molecule has 1 atom stereocenters. The van der Waals surface area contributed by atoms with Gasteiger partial charge in [0.25, 0.3) is 0 Å². The van der Waals surface area contributed by atoms with Gasteiger partial charge in [-0.3, -0.25) is 14.3 Å². The number of nitrogens with zero attached hydrogens (tertiary/aromatic N) is 2. The highest BCUT2D eigenvalue weighted by Gasteiger charge is 2.20. The average molecular weight is 437 g/mol. The average Bonchev–Trinajstić information content (AvgIpc) is 2.95. The van der Waals surface area contributed by atoms with Crippen LogP contribution in [0.2, 0.25) is 5.02 Å². The summed E-state index contributed by atoms with van der Waals surface area (Å²) < 4.78 is 20.0. The lowest BCUT2D eigenvalue weighted by Crippen LogP contribution is -2.38. The third kappa shape index (κ3) is 5.79. The number of aryl methyl sites for hydroxylation is 1. The summed E-state index contributed by atoms with van der Waals surface area (Å²) in [6.45, 7) is 5.83. The Morgan fingerprint density at radius 2 is 2.20 bits per heavy atom. The van der Waals surface area contributed by atoms with E-state index in [1.807, 2.05) is 18.5 Å². The normalized spacial score (nSPS) is 16.4. The van der Waals surface area contributed by atoms with E-state index in [0.29, 0.717) is 31.7 Å². The first-order valence-corrected chi connectivity index (χ1v) is 10.3. The van der Waals surface area contributed by atoms with Gasteiger partial charge in [0.15, 0.2) is 0 Å². The number of amides is 1. The monoisotopic (exact) mass is 436 g/mol. The molecule has 0 radical (unpaired) electrons. The van der Waals surface area contributed by atoms with Crippen molar-refractivity contribution in [3.63, 3.8) is 0 Å². The molecule has 3 rings (SSSR count). The van der Waals surface area contributed by atoms with Crippen LogP contribution >= 0.6 is 11.6 Å². The van der Waals surface area contributed by atoms with Crippen LogP contribution in [0.15, 0.2) is 18.2 Å². The molecule has 1 aromatic carbocycles. The summed E-state index contributed by atoms with van der Waals surface area (Å²) >= 11 is 6.00. The van der Waals surface area contributed by atoms with Gasteiger partial charge >= 0.3 is 5.97 Å². The Morgan fingerprint density at radius 3 is 2.93 bits per heavy atom. The van der Waals surface area contributed by atoms with Gasteiger partial charge in [0.1, 0.15) is 5.82 Å². The molecule has 162 valence electrons. The van der Waals surface area contributed by atoms with E-state index in [4.69, 9.17) is 16.3 Å². The van der Waals surface area contributed by atoms with Crippen LogP contribution in [-0.4, -0.2) is 40.9 Å². The Kier molecular flexibility index (Phi) is 7.44. The molecule has 1 amide bonds. The Balaban J connectivity index is 1.51. The molecule has 1 unspecified atom stereocenters. The summed E-state index contributed by atoms with van der Waals surface area (Å²) in [5.74, 6) is -0.730. The molecule has 1 aromatic heterocycles. The molecule has 0 spiro atoms. The first-order valence-electron chi connectivity index (χ1n) is 9.96. The molecule has 1 aliphatic heterocycles. The molecule has 30 heavy (non-hydrogen) atoms. The van der Waals surface area contributed by atoms with E-state index in [0.717, 1.165) is 23.4 Å². The zero-order valence-corrected chi connectivity index (χ0v) is 17.9. The maximum atomic E-state index is 13.1. The van der Waals surface area contributed by atoms with Gasteiger partial charge in [-0.05, 0) is 38.0 Å². The molecule has 9 heteroatoms. The van der Waals surface area contributed by atoms with Gasteiger partial charge in [-0.2, -0.15) is 5.10 Å². The fourth-order valence-electron chi connectivity index (χ4n) is 3.52. The second-order valence-electron chi connectivity index (χ2n) is 7.43. The minimum absolute atomic E-state index is 0.131. The molecule has 2 heterocycles. The first-order chi connectivity index (χ1) is 14.3. The van der Waals surface area contributed by atoms with Crippen molar-refractivity contribution >= 4 is 23.5 Å². The molecule has 2 N–H and O–H groups in total. The molecular formula is C21H26ClFN4O3. The van der Waals surface area contributed by atoms with Crippen LogP contribution in [-0.2, 0) is 33.8 Å². The fourth-order valence-corrected chi connectivity index (χ4v) is 3.75. The summed E-state index contributed by atoms with van der Waals surface area (Å²) in [7, 11) is 0. The Labute approximate surface area is 179 Å². The number of hydrogen-bond donors (Lipinski definition) is 2. The van der Waals surface area contributed by atoms with Crippen molar-refractivity contribution in [1.82, 2.24) is 20.4 Å². The third-order valence-corrected chi connectivity index (χ3v) is 5.61. The number of hydrogen-bond acceptors (Lipinski definition) is 5. The quantitative estimate of drug-likeness (QED) is 0.621. The predicted molar refractivity (Wildman–Crippen MR) is 111 cm³/mol. The molecule has 0 aliphatic carbocycles. The maximum absolute atomic E-state index is 13.1. The predicted octanol–water partition coefficient (Wildman–Crippen LogP) is 2.45. The van der Waals surface area contributed by atoms with Crippen molar-refractivity contribution in [1.29, 1.82) is 0 Å². The number of rotatable bonds is 8. The van der Waals surface area contributed by atoms with Crippen molar-refractivity contribution in [3.8, 4) is 0 Å². The van der Waals surface area contributed by atoms with Crippen LogP contribution < -0.4 is 10.6 Å². The third-order valence-electron chi connectivity index (χ3n) is 5.26. The number of aromatic nitrogens is 2. The highest BCUT2D eigenvalue weighted by molar-refractivity contribution is 6.31.